The van der Waals surface area contributed by atoms with Crippen LogP contribution < -0.4 is 43.0 Å². The molecule has 6 atom stereocenters. The number of thioether (sulfide) groups is 1. The van der Waals surface area contributed by atoms with E-state index in [1.54, 1.807) is 12.1 Å². The molecule has 278 valence electrons. The molecule has 0 saturated carbocycles. The minimum absolute atomic E-state index is 0.00289. The summed E-state index contributed by atoms with van der Waals surface area (Å²) in [5.41, 5.74) is 5.75. The van der Waals surface area contributed by atoms with E-state index in [9.17, 15) is 44.1 Å². The quantitative estimate of drug-likeness (QED) is 0.0565. The second-order valence-corrected chi connectivity index (χ2v) is 13.6. The van der Waals surface area contributed by atoms with Crippen molar-refractivity contribution >= 4 is 47.3 Å². The monoisotopic (exact) mass is 722 g/mol. The Labute approximate surface area is 295 Å². The van der Waals surface area contributed by atoms with Gasteiger partial charge < -0.3 is 47.6 Å². The average molecular weight is 723 g/mol. The number of phenols is 1. The summed E-state index contributed by atoms with van der Waals surface area (Å²) in [5.74, 6) is -2.97. The molecular weight excluding hydrogens is 672 g/mol. The first-order valence-electron chi connectivity index (χ1n) is 16.9. The molecule has 0 aliphatic carbocycles. The van der Waals surface area contributed by atoms with Crippen LogP contribution in [-0.4, -0.2) is 119 Å². The van der Waals surface area contributed by atoms with Crippen molar-refractivity contribution in [1.82, 2.24) is 37.2 Å². The summed E-state index contributed by atoms with van der Waals surface area (Å²) in [4.78, 5) is 73.2. The predicted octanol–water partition coefficient (Wildman–Crippen LogP) is -2.26. The highest BCUT2D eigenvalue weighted by Crippen LogP contribution is 2.33. The Morgan fingerprint density at radius 1 is 0.840 bits per heavy atom. The molecule has 0 bridgehead atoms. The molecule has 2 aliphatic heterocycles. The molecule has 1 aromatic rings. The number of hydrogen-bond acceptors (Lipinski definition) is 12. The largest absolute Gasteiger partial charge is 0.508 e. The zero-order valence-electron chi connectivity index (χ0n) is 27.9. The van der Waals surface area contributed by atoms with Crippen LogP contribution in [0.15, 0.2) is 24.3 Å². The molecule has 2 unspecified atom stereocenters. The molecule has 17 nitrogen and oxygen atoms in total. The van der Waals surface area contributed by atoms with Crippen molar-refractivity contribution in [1.29, 1.82) is 0 Å². The maximum atomic E-state index is 13.2. The smallest absolute Gasteiger partial charge is 0.326 e. The number of carboxylic acids is 1. The van der Waals surface area contributed by atoms with Gasteiger partial charge >= 0.3 is 5.97 Å². The molecule has 2 aliphatic rings. The molecule has 0 aromatic heterocycles. The highest BCUT2D eigenvalue weighted by molar-refractivity contribution is 8.00. The molecule has 5 amide bonds. The lowest BCUT2D eigenvalue weighted by Crippen LogP contribution is -2.54. The lowest BCUT2D eigenvalue weighted by Gasteiger charge is -2.22. The number of aliphatic hydroxyl groups excluding tert-OH is 1. The number of nitrogens with one attached hydrogen (secondary N) is 7. The third-order valence-corrected chi connectivity index (χ3v) is 9.91. The van der Waals surface area contributed by atoms with Crippen LogP contribution in [0.4, 0.5) is 0 Å². The number of carbonyl (C=O) groups is 6. The Morgan fingerprint density at radius 3 is 2.28 bits per heavy atom. The fraction of sp³-hybridized carbons (Fsp3) is 0.625. The Hall–Kier alpha value is -3.97. The number of unbranched alkanes of at least 4 members (excludes halogenated alkanes) is 3. The highest BCUT2D eigenvalue weighted by Gasteiger charge is 2.42. The zero-order valence-corrected chi connectivity index (χ0v) is 28.8. The zero-order chi connectivity index (χ0) is 36.5. The van der Waals surface area contributed by atoms with Gasteiger partial charge in [0.1, 0.15) is 17.8 Å². The normalized spacial score (nSPS) is 20.6. The van der Waals surface area contributed by atoms with Gasteiger partial charge in [-0.3, -0.25) is 34.6 Å². The standard InChI is InChI=1S/C32H50N8O9S/c33-15-26(43)35-16-27(44)36-17-28(45)37-22(14-19-9-11-20(41)12-10-19)30(46)38-21(31(47)48)6-2-1-5-13-34-25(42)8-4-3-7-24-29-23(18-50-24)39-32(49)40-29/h9-12,21-24,29,32,39-41,49H,1-8,13-18,33H2,(H,34,42)(H,35,43)(H,36,44)(H,37,45)(H,38,46)(H,47,48)/t21-,22-,23+,24?,29+,32?/m0/s1. The lowest BCUT2D eigenvalue weighted by molar-refractivity contribution is -0.142. The highest BCUT2D eigenvalue weighted by atomic mass is 32.2. The number of carboxylic acid groups (broad SMARTS) is 1. The van der Waals surface area contributed by atoms with Gasteiger partial charge in [0.05, 0.1) is 19.6 Å². The van der Waals surface area contributed by atoms with E-state index in [-0.39, 0.29) is 43.1 Å². The summed E-state index contributed by atoms with van der Waals surface area (Å²) in [6.45, 7) is -0.742. The van der Waals surface area contributed by atoms with E-state index in [0.717, 1.165) is 25.0 Å². The molecule has 0 spiro atoms. The van der Waals surface area contributed by atoms with Gasteiger partial charge in [0, 0.05) is 42.5 Å². The molecule has 3 rings (SSSR count). The van der Waals surface area contributed by atoms with Gasteiger partial charge in [-0.05, 0) is 43.4 Å². The van der Waals surface area contributed by atoms with Crippen molar-refractivity contribution in [2.45, 2.75) is 93.6 Å². The van der Waals surface area contributed by atoms with Crippen LogP contribution in [-0.2, 0) is 35.2 Å². The first-order valence-corrected chi connectivity index (χ1v) is 17.9. The van der Waals surface area contributed by atoms with Crippen molar-refractivity contribution in [2.75, 3.05) is 31.9 Å². The van der Waals surface area contributed by atoms with E-state index in [0.29, 0.717) is 43.0 Å². The molecule has 12 N–H and O–H groups in total. The molecule has 1 aromatic carbocycles. The molecule has 2 saturated heterocycles. The third kappa shape index (κ3) is 14.5. The van der Waals surface area contributed by atoms with Gasteiger partial charge in [0.15, 0.2) is 6.35 Å². The van der Waals surface area contributed by atoms with Crippen molar-refractivity contribution in [3.63, 3.8) is 0 Å². The lowest BCUT2D eigenvalue weighted by atomic mass is 10.0. The van der Waals surface area contributed by atoms with Gasteiger partial charge in [-0.25, -0.2) is 4.79 Å². The molecule has 2 fully saturated rings. The number of carbonyl (C=O) groups excluding carboxylic acids is 5. The van der Waals surface area contributed by atoms with Crippen molar-refractivity contribution in [3.05, 3.63) is 29.8 Å². The van der Waals surface area contributed by atoms with Gasteiger partial charge in [-0.15, -0.1) is 0 Å². The number of nitrogens with two attached hydrogens (primary N) is 1. The van der Waals surface area contributed by atoms with E-state index < -0.39 is 61.1 Å². The first kappa shape index (κ1) is 40.5. The summed E-state index contributed by atoms with van der Waals surface area (Å²) in [6.07, 6.45) is 4.26. The second-order valence-electron chi connectivity index (χ2n) is 12.3. The number of benzene rings is 1. The van der Waals surface area contributed by atoms with E-state index in [4.69, 9.17) is 5.73 Å². The molecule has 18 heteroatoms. The topological polar surface area (TPSA) is 273 Å². The molecule has 50 heavy (non-hydrogen) atoms. The summed E-state index contributed by atoms with van der Waals surface area (Å²) in [5, 5.41) is 48.2. The van der Waals surface area contributed by atoms with E-state index in [1.165, 1.54) is 12.1 Å². The van der Waals surface area contributed by atoms with Crippen molar-refractivity contribution in [3.8, 4) is 5.75 Å². The van der Waals surface area contributed by atoms with Gasteiger partial charge in [0.2, 0.25) is 29.5 Å². The molecule has 2 heterocycles. The number of amides is 5. The van der Waals surface area contributed by atoms with Crippen molar-refractivity contribution < 1.29 is 44.1 Å². The number of aromatic hydroxyl groups is 1. The maximum Gasteiger partial charge on any atom is 0.326 e. The summed E-state index contributed by atoms with van der Waals surface area (Å²) in [7, 11) is 0. The van der Waals surface area contributed by atoms with E-state index >= 15 is 0 Å². The fourth-order valence-electron chi connectivity index (χ4n) is 5.71. The number of aliphatic hydroxyl groups is 1. The number of aliphatic carboxylic acids is 1. The Kier molecular flexibility index (Phi) is 17.2. The number of hydrogen-bond donors (Lipinski definition) is 11. The SMILES string of the molecule is NCC(=O)NCC(=O)NCC(=O)N[C@@H](Cc1ccc(O)cc1)C(=O)N[C@@H](CCCCCNC(=O)CCCCC1SC[C@H]2NC(O)N[C@@H]12)C(=O)O. The third-order valence-electron chi connectivity index (χ3n) is 8.40. The second kappa shape index (κ2) is 21.3. The van der Waals surface area contributed by atoms with Crippen LogP contribution in [0, 0.1) is 0 Å². The molecular formula is C32H50N8O9S. The average Bonchev–Trinajstić information content (AvgIpc) is 3.64. The van der Waals surface area contributed by atoms with E-state index in [2.05, 4.69) is 37.2 Å². The van der Waals surface area contributed by atoms with Crippen LogP contribution in [0.1, 0.15) is 56.9 Å². The summed E-state index contributed by atoms with van der Waals surface area (Å²) < 4.78 is 0. The Morgan fingerprint density at radius 2 is 1.56 bits per heavy atom. The minimum Gasteiger partial charge on any atom is -0.508 e. The van der Waals surface area contributed by atoms with Crippen LogP contribution in [0.25, 0.3) is 0 Å². The first-order chi connectivity index (χ1) is 23.9. The van der Waals surface area contributed by atoms with Crippen LogP contribution in [0.3, 0.4) is 0 Å². The van der Waals surface area contributed by atoms with E-state index in [1.807, 2.05) is 11.8 Å². The molecule has 0 radical (unpaired) electrons. The van der Waals surface area contributed by atoms with Gasteiger partial charge in [0.25, 0.3) is 0 Å². The van der Waals surface area contributed by atoms with Crippen LogP contribution in [0.2, 0.25) is 0 Å². The Balaban J connectivity index is 1.36. The summed E-state index contributed by atoms with van der Waals surface area (Å²) >= 11 is 1.89. The number of phenolic OH excluding ortho intramolecular Hbond substituents is 1. The fourth-order valence-corrected chi connectivity index (χ4v) is 7.27. The van der Waals surface area contributed by atoms with Gasteiger partial charge in [-0.1, -0.05) is 31.4 Å². The van der Waals surface area contributed by atoms with Crippen molar-refractivity contribution in [2.24, 2.45) is 5.73 Å². The predicted molar refractivity (Wildman–Crippen MR) is 184 cm³/mol. The van der Waals surface area contributed by atoms with Gasteiger partial charge in [-0.2, -0.15) is 11.8 Å². The maximum absolute atomic E-state index is 13.2. The Bertz CT molecular complexity index is 1300. The minimum atomic E-state index is -1.24. The number of fused-ring (bicyclic) bond motifs is 1. The number of rotatable bonds is 22. The van der Waals surface area contributed by atoms with Crippen LogP contribution in [0.5, 0.6) is 5.75 Å². The summed E-state index contributed by atoms with van der Waals surface area (Å²) in [6, 6.07) is 4.04. The van der Waals surface area contributed by atoms with Crippen LogP contribution >= 0.6 is 11.8 Å².